The van der Waals surface area contributed by atoms with E-state index >= 15 is 0 Å². The number of ether oxygens (including phenoxy) is 1. The van der Waals surface area contributed by atoms with Crippen LogP contribution in [0.2, 0.25) is 0 Å². The van der Waals surface area contributed by atoms with Crippen LogP contribution in [0, 0.1) is 0 Å². The molecule has 1 aliphatic rings. The Hall–Kier alpha value is -0.130. The molecule has 1 heterocycles. The van der Waals surface area contributed by atoms with E-state index < -0.39 is 15.3 Å². The molecule has 0 aromatic heterocycles. The Labute approximate surface area is 73.0 Å². The predicted molar refractivity (Wildman–Crippen MR) is 46.4 cm³/mol. The van der Waals surface area contributed by atoms with Gasteiger partial charge < -0.3 is 10.5 Å². The molecule has 4 nitrogen and oxygen atoms in total. The van der Waals surface area contributed by atoms with Gasteiger partial charge in [0.2, 0.25) is 0 Å². The molecule has 2 N–H and O–H groups in total. The van der Waals surface area contributed by atoms with Crippen LogP contribution in [0.5, 0.6) is 0 Å². The molecule has 72 valence electrons. The van der Waals surface area contributed by atoms with Crippen molar-refractivity contribution in [3.63, 3.8) is 0 Å². The number of hydrogen-bond donors (Lipinski definition) is 1. The zero-order chi connectivity index (χ0) is 9.19. The summed E-state index contributed by atoms with van der Waals surface area (Å²) in [5.74, 6) is 0.214. The Morgan fingerprint density at radius 1 is 1.58 bits per heavy atom. The highest BCUT2D eigenvalue weighted by atomic mass is 32.2. The van der Waals surface area contributed by atoms with Crippen LogP contribution in [0.3, 0.4) is 0 Å². The number of hydrogen-bond acceptors (Lipinski definition) is 4. The summed E-state index contributed by atoms with van der Waals surface area (Å²) in [6.07, 6.45) is 1.40. The van der Waals surface area contributed by atoms with Crippen molar-refractivity contribution in [1.82, 2.24) is 0 Å². The lowest BCUT2D eigenvalue weighted by atomic mass is 10.2. The van der Waals surface area contributed by atoms with Crippen LogP contribution in [0.1, 0.15) is 19.8 Å². The highest BCUT2D eigenvalue weighted by molar-refractivity contribution is 7.91. The first-order chi connectivity index (χ1) is 5.58. The molecule has 0 saturated carbocycles. The fraction of sp³-hybridized carbons (Fsp3) is 1.00. The van der Waals surface area contributed by atoms with Crippen LogP contribution < -0.4 is 5.73 Å². The van der Waals surface area contributed by atoms with Crippen molar-refractivity contribution in [2.75, 3.05) is 12.4 Å². The Morgan fingerprint density at radius 3 is 2.75 bits per heavy atom. The van der Waals surface area contributed by atoms with E-state index in [1.54, 1.807) is 6.92 Å². The van der Waals surface area contributed by atoms with Gasteiger partial charge in [0, 0.05) is 12.6 Å². The largest absolute Gasteiger partial charge is 0.361 e. The van der Waals surface area contributed by atoms with Gasteiger partial charge in [-0.2, -0.15) is 0 Å². The van der Waals surface area contributed by atoms with Crippen molar-refractivity contribution < 1.29 is 13.2 Å². The molecule has 2 atom stereocenters. The monoisotopic (exact) mass is 193 g/mol. The van der Waals surface area contributed by atoms with Gasteiger partial charge in [0.05, 0.1) is 5.75 Å². The van der Waals surface area contributed by atoms with Crippen LogP contribution in [0.4, 0.5) is 0 Å². The van der Waals surface area contributed by atoms with Gasteiger partial charge in [0.15, 0.2) is 15.3 Å². The molecule has 0 aromatic rings. The van der Waals surface area contributed by atoms with Crippen molar-refractivity contribution in [2.45, 2.75) is 31.2 Å². The van der Waals surface area contributed by atoms with Crippen molar-refractivity contribution in [3.8, 4) is 0 Å². The van der Waals surface area contributed by atoms with Crippen LogP contribution in [0.25, 0.3) is 0 Å². The van der Waals surface area contributed by atoms with E-state index in [4.69, 9.17) is 10.5 Å². The molecule has 1 aliphatic heterocycles. The Balaban J connectivity index is 2.74. The normalized spacial score (nSPS) is 34.8. The molecule has 0 aliphatic carbocycles. The van der Waals surface area contributed by atoms with Crippen LogP contribution in [0.15, 0.2) is 0 Å². The SMILES string of the molecule is CCOC1C(N)CCCS1(=O)=O. The summed E-state index contributed by atoms with van der Waals surface area (Å²) >= 11 is 0. The maximum Gasteiger partial charge on any atom is 0.178 e. The lowest BCUT2D eigenvalue weighted by Crippen LogP contribution is -2.47. The third kappa shape index (κ3) is 1.97. The maximum atomic E-state index is 11.4. The molecule has 0 radical (unpaired) electrons. The first-order valence-corrected chi connectivity index (χ1v) is 5.88. The minimum atomic E-state index is -3.08. The standard InChI is InChI=1S/C7H15NO3S/c1-2-11-7-6(8)4-3-5-12(7,9)10/h6-7H,2-5,8H2,1H3. The molecule has 0 bridgehead atoms. The van der Waals surface area contributed by atoms with Crippen LogP contribution >= 0.6 is 0 Å². The number of sulfone groups is 1. The quantitative estimate of drug-likeness (QED) is 0.664. The van der Waals surface area contributed by atoms with Crippen molar-refractivity contribution >= 4 is 9.84 Å². The fourth-order valence-electron chi connectivity index (χ4n) is 1.43. The minimum Gasteiger partial charge on any atom is -0.361 e. The van der Waals surface area contributed by atoms with Crippen LogP contribution in [-0.2, 0) is 14.6 Å². The lowest BCUT2D eigenvalue weighted by Gasteiger charge is -2.27. The van der Waals surface area contributed by atoms with Gasteiger partial charge in [-0.1, -0.05) is 0 Å². The molecule has 0 spiro atoms. The van der Waals surface area contributed by atoms with Crippen molar-refractivity contribution in [2.24, 2.45) is 5.73 Å². The molecule has 0 amide bonds. The van der Waals surface area contributed by atoms with E-state index in [9.17, 15) is 8.42 Å². The van der Waals surface area contributed by atoms with E-state index in [-0.39, 0.29) is 11.8 Å². The maximum absolute atomic E-state index is 11.4. The zero-order valence-electron chi connectivity index (χ0n) is 7.19. The number of nitrogens with two attached hydrogens (primary N) is 1. The van der Waals surface area contributed by atoms with Crippen molar-refractivity contribution in [1.29, 1.82) is 0 Å². The first-order valence-electron chi connectivity index (χ1n) is 4.16. The van der Waals surface area contributed by atoms with Gasteiger partial charge in [-0.15, -0.1) is 0 Å². The van der Waals surface area contributed by atoms with E-state index in [2.05, 4.69) is 0 Å². The highest BCUT2D eigenvalue weighted by Crippen LogP contribution is 2.19. The molecular formula is C7H15NO3S. The average molecular weight is 193 g/mol. The Kier molecular flexibility index (Phi) is 3.09. The summed E-state index contributed by atoms with van der Waals surface area (Å²) in [6, 6.07) is -0.344. The lowest BCUT2D eigenvalue weighted by molar-refractivity contribution is 0.0928. The average Bonchev–Trinajstić information content (AvgIpc) is 1.97. The van der Waals surface area contributed by atoms with E-state index in [1.807, 2.05) is 0 Å². The summed E-state index contributed by atoms with van der Waals surface area (Å²) < 4.78 is 27.9. The first kappa shape index (κ1) is 9.95. The smallest absolute Gasteiger partial charge is 0.178 e. The van der Waals surface area contributed by atoms with E-state index in [0.29, 0.717) is 13.0 Å². The molecule has 5 heteroatoms. The highest BCUT2D eigenvalue weighted by Gasteiger charge is 2.35. The van der Waals surface area contributed by atoms with Gasteiger partial charge in [0.25, 0.3) is 0 Å². The van der Waals surface area contributed by atoms with Crippen LogP contribution in [-0.4, -0.2) is 32.3 Å². The predicted octanol–water partition coefficient (Wildman–Crippen LogP) is -0.115. The second kappa shape index (κ2) is 3.72. The zero-order valence-corrected chi connectivity index (χ0v) is 8.01. The summed E-state index contributed by atoms with van der Waals surface area (Å²) in [5.41, 5.74) is 4.87. The third-order valence-electron chi connectivity index (χ3n) is 2.00. The summed E-state index contributed by atoms with van der Waals surface area (Å²) in [4.78, 5) is 0. The Bertz CT molecular complexity index is 237. The minimum absolute atomic E-state index is 0.214. The molecule has 1 rings (SSSR count). The molecule has 1 fully saturated rings. The van der Waals surface area contributed by atoms with E-state index in [1.165, 1.54) is 0 Å². The second-order valence-corrected chi connectivity index (χ2v) is 5.20. The Morgan fingerprint density at radius 2 is 2.25 bits per heavy atom. The summed E-state index contributed by atoms with van der Waals surface area (Å²) in [6.45, 7) is 2.18. The molecule has 1 saturated heterocycles. The molecule has 0 aromatic carbocycles. The van der Waals surface area contributed by atoms with Gasteiger partial charge in [-0.3, -0.25) is 0 Å². The summed E-state index contributed by atoms with van der Waals surface area (Å²) in [7, 11) is -3.08. The van der Waals surface area contributed by atoms with Gasteiger partial charge in [-0.05, 0) is 19.8 Å². The van der Waals surface area contributed by atoms with Gasteiger partial charge in [-0.25, -0.2) is 8.42 Å². The third-order valence-corrected chi connectivity index (χ3v) is 4.05. The molecular weight excluding hydrogens is 178 g/mol. The van der Waals surface area contributed by atoms with Gasteiger partial charge in [0.1, 0.15) is 0 Å². The van der Waals surface area contributed by atoms with Crippen molar-refractivity contribution in [3.05, 3.63) is 0 Å². The summed E-state index contributed by atoms with van der Waals surface area (Å²) in [5, 5.41) is 0. The fourth-order valence-corrected chi connectivity index (χ4v) is 3.24. The second-order valence-electron chi connectivity index (χ2n) is 3.00. The topological polar surface area (TPSA) is 69.4 Å². The molecule has 2 unspecified atom stereocenters. The van der Waals surface area contributed by atoms with E-state index in [0.717, 1.165) is 6.42 Å². The van der Waals surface area contributed by atoms with Gasteiger partial charge >= 0.3 is 0 Å². The molecule has 12 heavy (non-hydrogen) atoms. The number of rotatable bonds is 2.